The molecule has 0 heterocycles. The minimum Gasteiger partial charge on any atom is -0.352 e. The normalized spacial score (nSPS) is 14.4. The van der Waals surface area contributed by atoms with Crippen LogP contribution in [0.3, 0.4) is 0 Å². The van der Waals surface area contributed by atoms with Gasteiger partial charge in [0.15, 0.2) is 0 Å². The molecule has 0 spiro atoms. The van der Waals surface area contributed by atoms with Gasteiger partial charge in [0, 0.05) is 23.5 Å². The molecule has 218 valence electrons. The summed E-state index contributed by atoms with van der Waals surface area (Å²) >= 11 is 15.8. The van der Waals surface area contributed by atoms with Crippen LogP contribution in [0.15, 0.2) is 77.3 Å². The van der Waals surface area contributed by atoms with E-state index in [0.717, 1.165) is 46.3 Å². The maximum Gasteiger partial charge on any atom is 0.244 e. The minimum atomic E-state index is -3.84. The predicted octanol–water partition coefficient (Wildman–Crippen LogP) is 6.22. The summed E-state index contributed by atoms with van der Waals surface area (Å²) in [6, 6.07) is 20.3. The quantitative estimate of drug-likeness (QED) is 0.261. The van der Waals surface area contributed by atoms with Crippen LogP contribution >= 0.6 is 39.1 Å². The van der Waals surface area contributed by atoms with Crippen molar-refractivity contribution in [1.82, 2.24) is 10.2 Å². The van der Waals surface area contributed by atoms with Gasteiger partial charge >= 0.3 is 0 Å². The number of hydrogen-bond acceptors (Lipinski definition) is 4. The second-order valence-electron chi connectivity index (χ2n) is 10.2. The molecule has 1 aliphatic carbocycles. The number of amides is 2. The molecule has 7 nitrogen and oxygen atoms in total. The fourth-order valence-electron chi connectivity index (χ4n) is 4.98. The lowest BCUT2D eigenvalue weighted by atomic mass is 10.0. The van der Waals surface area contributed by atoms with E-state index >= 15 is 0 Å². The van der Waals surface area contributed by atoms with Crippen molar-refractivity contribution in [3.05, 3.63) is 98.4 Å². The van der Waals surface area contributed by atoms with Crippen molar-refractivity contribution in [2.75, 3.05) is 17.1 Å². The second kappa shape index (κ2) is 14.1. The van der Waals surface area contributed by atoms with Gasteiger partial charge in [-0.15, -0.1) is 0 Å². The number of sulfonamides is 1. The Morgan fingerprint density at radius 3 is 2.22 bits per heavy atom. The number of halogens is 3. The zero-order valence-electron chi connectivity index (χ0n) is 22.6. The highest BCUT2D eigenvalue weighted by atomic mass is 79.9. The van der Waals surface area contributed by atoms with E-state index in [1.54, 1.807) is 42.5 Å². The molecule has 1 saturated carbocycles. The van der Waals surface area contributed by atoms with Crippen LogP contribution in [-0.4, -0.2) is 50.0 Å². The Hall–Kier alpha value is -2.59. The number of anilines is 1. The molecule has 1 fully saturated rings. The second-order valence-corrected chi connectivity index (χ2v) is 13.8. The van der Waals surface area contributed by atoms with E-state index in [-0.39, 0.29) is 24.9 Å². The van der Waals surface area contributed by atoms with Crippen molar-refractivity contribution < 1.29 is 18.0 Å². The lowest BCUT2D eigenvalue weighted by Crippen LogP contribution is -2.54. The first-order chi connectivity index (χ1) is 19.5. The van der Waals surface area contributed by atoms with Crippen LogP contribution in [0.25, 0.3) is 0 Å². The van der Waals surface area contributed by atoms with Crippen LogP contribution in [0.1, 0.15) is 36.8 Å². The Kier molecular flexibility index (Phi) is 10.7. The van der Waals surface area contributed by atoms with Gasteiger partial charge in [-0.1, -0.05) is 88.4 Å². The number of nitrogens with zero attached hydrogens (tertiary/aromatic N) is 2. The van der Waals surface area contributed by atoms with Crippen LogP contribution in [0, 0.1) is 0 Å². The van der Waals surface area contributed by atoms with Crippen molar-refractivity contribution in [3.63, 3.8) is 0 Å². The molecule has 11 heteroatoms. The van der Waals surface area contributed by atoms with Crippen molar-refractivity contribution in [2.24, 2.45) is 0 Å². The van der Waals surface area contributed by atoms with E-state index in [4.69, 9.17) is 23.2 Å². The number of carbonyl (C=O) groups excluding carboxylic acids is 2. The van der Waals surface area contributed by atoms with Crippen molar-refractivity contribution in [3.8, 4) is 0 Å². The maximum atomic E-state index is 14.1. The summed E-state index contributed by atoms with van der Waals surface area (Å²) in [7, 11) is -3.84. The van der Waals surface area contributed by atoms with Gasteiger partial charge in [-0.25, -0.2) is 8.42 Å². The fourth-order valence-corrected chi connectivity index (χ4v) is 6.41. The highest BCUT2D eigenvalue weighted by molar-refractivity contribution is 9.10. The van der Waals surface area contributed by atoms with Gasteiger partial charge in [-0.3, -0.25) is 13.9 Å². The van der Waals surface area contributed by atoms with E-state index in [9.17, 15) is 18.0 Å². The van der Waals surface area contributed by atoms with E-state index in [1.807, 2.05) is 30.3 Å². The summed E-state index contributed by atoms with van der Waals surface area (Å²) in [5, 5.41) is 3.83. The molecule has 41 heavy (non-hydrogen) atoms. The predicted molar refractivity (Wildman–Crippen MR) is 168 cm³/mol. The number of hydrogen-bond donors (Lipinski definition) is 1. The number of nitrogens with one attached hydrogen (secondary N) is 1. The van der Waals surface area contributed by atoms with E-state index in [0.29, 0.717) is 21.3 Å². The van der Waals surface area contributed by atoms with Gasteiger partial charge in [0.1, 0.15) is 12.6 Å². The molecule has 0 bridgehead atoms. The third-order valence-corrected chi connectivity index (χ3v) is 9.51. The maximum absolute atomic E-state index is 14.1. The number of benzene rings is 3. The molecular weight excluding hydrogens is 649 g/mol. The lowest BCUT2D eigenvalue weighted by molar-refractivity contribution is -0.140. The molecule has 0 aromatic heterocycles. The zero-order chi connectivity index (χ0) is 29.6. The van der Waals surface area contributed by atoms with Crippen molar-refractivity contribution in [1.29, 1.82) is 0 Å². The van der Waals surface area contributed by atoms with Crippen LogP contribution in [0.2, 0.25) is 10.0 Å². The molecule has 0 radical (unpaired) electrons. The van der Waals surface area contributed by atoms with Gasteiger partial charge in [0.05, 0.1) is 22.0 Å². The summed E-state index contributed by atoms with van der Waals surface area (Å²) < 4.78 is 27.6. The first-order valence-corrected chi connectivity index (χ1v) is 16.7. The monoisotopic (exact) mass is 679 g/mol. The molecule has 1 aliphatic rings. The molecule has 1 atom stereocenters. The van der Waals surface area contributed by atoms with Crippen LogP contribution in [-0.2, 0) is 32.6 Å². The molecule has 0 unspecified atom stereocenters. The molecule has 2 amide bonds. The first-order valence-electron chi connectivity index (χ1n) is 13.3. The standard InChI is InChI=1S/C30H32BrCl2N3O4S/c1-41(39,40)36(25-14-12-23(31)13-15-25)20-29(37)35(19-22-11-16-26(32)27(33)17-22)28(18-21-7-3-2-4-8-21)30(38)34-24-9-5-6-10-24/h2-4,7-8,11-17,24,28H,5-6,9-10,18-20H2,1H3,(H,34,38)/t28-/m1/s1. The fraction of sp³-hybridized carbons (Fsp3) is 0.333. The van der Waals surface area contributed by atoms with E-state index in [2.05, 4.69) is 21.2 Å². The summed E-state index contributed by atoms with van der Waals surface area (Å²) in [6.45, 7) is -0.451. The smallest absolute Gasteiger partial charge is 0.244 e. The summed E-state index contributed by atoms with van der Waals surface area (Å²) in [5.74, 6) is -0.796. The molecule has 0 saturated heterocycles. The lowest BCUT2D eigenvalue weighted by Gasteiger charge is -2.34. The molecule has 3 aromatic carbocycles. The highest BCUT2D eigenvalue weighted by Crippen LogP contribution is 2.26. The Morgan fingerprint density at radius 2 is 1.61 bits per heavy atom. The van der Waals surface area contributed by atoms with Crippen LogP contribution in [0.4, 0.5) is 5.69 Å². The molecule has 4 rings (SSSR count). The molecule has 0 aliphatic heterocycles. The molecule has 1 N–H and O–H groups in total. The minimum absolute atomic E-state index is 0.0310. The van der Waals surface area contributed by atoms with Gasteiger partial charge in [0.25, 0.3) is 0 Å². The van der Waals surface area contributed by atoms with Gasteiger partial charge < -0.3 is 10.2 Å². The average molecular weight is 681 g/mol. The Balaban J connectivity index is 1.73. The summed E-state index contributed by atoms with van der Waals surface area (Å²) in [5.41, 5.74) is 1.88. The van der Waals surface area contributed by atoms with E-state index < -0.39 is 28.5 Å². The molecule has 3 aromatic rings. The van der Waals surface area contributed by atoms with Gasteiger partial charge in [0.2, 0.25) is 21.8 Å². The van der Waals surface area contributed by atoms with Crippen molar-refractivity contribution in [2.45, 2.75) is 50.7 Å². The average Bonchev–Trinajstić information content (AvgIpc) is 3.44. The van der Waals surface area contributed by atoms with Crippen LogP contribution < -0.4 is 9.62 Å². The SMILES string of the molecule is CS(=O)(=O)N(CC(=O)N(Cc1ccc(Cl)c(Cl)c1)[C@H](Cc1ccccc1)C(=O)NC1CCCC1)c1ccc(Br)cc1. The Bertz CT molecular complexity index is 1470. The van der Waals surface area contributed by atoms with E-state index in [1.165, 1.54) is 4.90 Å². The molecular formula is C30H32BrCl2N3O4S. The highest BCUT2D eigenvalue weighted by Gasteiger charge is 2.34. The Morgan fingerprint density at radius 1 is 0.951 bits per heavy atom. The topological polar surface area (TPSA) is 86.8 Å². The van der Waals surface area contributed by atoms with Crippen molar-refractivity contribution >= 4 is 66.7 Å². The summed E-state index contributed by atoms with van der Waals surface area (Å²) in [6.07, 6.45) is 5.16. The zero-order valence-corrected chi connectivity index (χ0v) is 26.5. The third kappa shape index (κ3) is 8.70. The van der Waals surface area contributed by atoms with Crippen LogP contribution in [0.5, 0.6) is 0 Å². The van der Waals surface area contributed by atoms with Gasteiger partial charge in [-0.2, -0.15) is 0 Å². The summed E-state index contributed by atoms with van der Waals surface area (Å²) in [4.78, 5) is 29.5. The van der Waals surface area contributed by atoms with Gasteiger partial charge in [-0.05, 0) is 60.4 Å². The number of carbonyl (C=O) groups is 2. The largest absolute Gasteiger partial charge is 0.352 e. The Labute approximate surface area is 260 Å². The third-order valence-electron chi connectivity index (χ3n) is 7.10. The first kappa shape index (κ1) is 31.3. The number of rotatable bonds is 11.